The van der Waals surface area contributed by atoms with Crippen LogP contribution in [-0.4, -0.2) is 43.7 Å². The van der Waals surface area contributed by atoms with Crippen LogP contribution in [0.3, 0.4) is 0 Å². The molecule has 0 bridgehead atoms. The minimum atomic E-state index is 0.0782. The lowest BCUT2D eigenvalue weighted by molar-refractivity contribution is -0.134. The number of nitrogens with zero attached hydrogens (tertiary/aromatic N) is 1. The van der Waals surface area contributed by atoms with E-state index in [1.54, 1.807) is 0 Å². The smallest absolute Gasteiger partial charge is 0.227 e. The number of amides is 1. The summed E-state index contributed by atoms with van der Waals surface area (Å²) in [5.74, 6) is 0.312. The Morgan fingerprint density at radius 2 is 2.19 bits per heavy atom. The van der Waals surface area contributed by atoms with Crippen molar-refractivity contribution in [1.82, 2.24) is 4.90 Å². The molecule has 1 rings (SSSR count). The normalized spacial score (nSPS) is 24.7. The van der Waals surface area contributed by atoms with Gasteiger partial charge in [0.25, 0.3) is 0 Å². The Bertz CT molecular complexity index is 221. The number of unbranched alkanes of at least 4 members (excludes halogenated alkanes) is 2. The summed E-state index contributed by atoms with van der Waals surface area (Å²) in [7, 11) is 1.88. The molecule has 0 saturated carbocycles. The molecule has 2 atom stereocenters. The second-order valence-corrected chi connectivity index (χ2v) is 4.69. The van der Waals surface area contributed by atoms with Crippen molar-refractivity contribution in [1.29, 1.82) is 0 Å². The summed E-state index contributed by atoms with van der Waals surface area (Å²) in [6, 6.07) is 0. The third-order valence-electron chi connectivity index (χ3n) is 3.12. The average molecular weight is 228 g/mol. The predicted octanol–water partition coefficient (Wildman–Crippen LogP) is 0.999. The fourth-order valence-corrected chi connectivity index (χ4v) is 2.08. The van der Waals surface area contributed by atoms with Gasteiger partial charge in [-0.3, -0.25) is 4.79 Å². The van der Waals surface area contributed by atoms with Gasteiger partial charge in [0.15, 0.2) is 0 Å². The number of carbonyl (C=O) groups is 1. The van der Waals surface area contributed by atoms with Crippen LogP contribution in [0.25, 0.3) is 0 Å². The molecule has 1 aliphatic heterocycles. The Morgan fingerprint density at radius 3 is 2.75 bits per heavy atom. The molecule has 1 heterocycles. The van der Waals surface area contributed by atoms with Crippen molar-refractivity contribution >= 4 is 5.91 Å². The van der Waals surface area contributed by atoms with Gasteiger partial charge in [-0.15, -0.1) is 0 Å². The van der Waals surface area contributed by atoms with E-state index in [2.05, 4.69) is 0 Å². The van der Waals surface area contributed by atoms with E-state index in [1.807, 2.05) is 18.9 Å². The van der Waals surface area contributed by atoms with Gasteiger partial charge in [0.05, 0.1) is 18.6 Å². The van der Waals surface area contributed by atoms with Crippen LogP contribution in [0.5, 0.6) is 0 Å². The average Bonchev–Trinajstić information content (AvgIpc) is 2.70. The predicted molar refractivity (Wildman–Crippen MR) is 64.1 cm³/mol. The van der Waals surface area contributed by atoms with Gasteiger partial charge >= 0.3 is 0 Å². The molecule has 94 valence electrons. The Kier molecular flexibility index (Phi) is 5.77. The molecule has 0 aromatic carbocycles. The summed E-state index contributed by atoms with van der Waals surface area (Å²) in [4.78, 5) is 13.8. The first-order chi connectivity index (χ1) is 7.65. The third-order valence-corrected chi connectivity index (χ3v) is 3.12. The van der Waals surface area contributed by atoms with Crippen LogP contribution in [0, 0.1) is 5.92 Å². The van der Waals surface area contributed by atoms with Crippen LogP contribution in [0.4, 0.5) is 0 Å². The molecular formula is C12H24N2O2. The van der Waals surface area contributed by atoms with Crippen molar-refractivity contribution in [2.24, 2.45) is 11.7 Å². The Balaban J connectivity index is 2.20. The van der Waals surface area contributed by atoms with Crippen molar-refractivity contribution in [2.45, 2.75) is 38.7 Å². The van der Waals surface area contributed by atoms with Gasteiger partial charge in [-0.25, -0.2) is 0 Å². The highest BCUT2D eigenvalue weighted by atomic mass is 16.5. The molecule has 1 fully saturated rings. The molecule has 0 spiro atoms. The van der Waals surface area contributed by atoms with E-state index >= 15 is 0 Å². The van der Waals surface area contributed by atoms with E-state index in [-0.39, 0.29) is 17.9 Å². The van der Waals surface area contributed by atoms with Crippen LogP contribution >= 0.6 is 0 Å². The lowest BCUT2D eigenvalue weighted by Gasteiger charge is -2.20. The number of carbonyl (C=O) groups excluding carboxylic acids is 1. The monoisotopic (exact) mass is 228 g/mol. The Labute approximate surface area is 98.1 Å². The van der Waals surface area contributed by atoms with Crippen LogP contribution < -0.4 is 5.73 Å². The number of nitrogens with two attached hydrogens (primary N) is 1. The highest BCUT2D eigenvalue weighted by molar-refractivity contribution is 5.79. The van der Waals surface area contributed by atoms with Crippen LogP contribution in [-0.2, 0) is 9.53 Å². The summed E-state index contributed by atoms with van der Waals surface area (Å²) in [5, 5.41) is 0. The molecule has 1 amide bonds. The molecule has 0 radical (unpaired) electrons. The quantitative estimate of drug-likeness (QED) is 0.690. The minimum Gasteiger partial charge on any atom is -0.378 e. The number of ether oxygens (including phenoxy) is 1. The van der Waals surface area contributed by atoms with Gasteiger partial charge < -0.3 is 15.4 Å². The molecule has 0 aromatic rings. The fraction of sp³-hybridized carbons (Fsp3) is 0.917. The zero-order valence-electron chi connectivity index (χ0n) is 10.4. The molecule has 0 aromatic heterocycles. The number of hydrogen-bond donors (Lipinski definition) is 1. The van der Waals surface area contributed by atoms with Crippen molar-refractivity contribution in [2.75, 3.05) is 26.7 Å². The van der Waals surface area contributed by atoms with E-state index < -0.39 is 0 Å². The molecule has 1 saturated heterocycles. The van der Waals surface area contributed by atoms with E-state index in [1.165, 1.54) is 0 Å². The van der Waals surface area contributed by atoms with Crippen LogP contribution in [0.2, 0.25) is 0 Å². The summed E-state index contributed by atoms with van der Waals surface area (Å²) in [5.41, 5.74) is 5.42. The summed E-state index contributed by atoms with van der Waals surface area (Å²) in [6.45, 7) is 4.19. The van der Waals surface area contributed by atoms with Crippen LogP contribution in [0.1, 0.15) is 32.6 Å². The fourth-order valence-electron chi connectivity index (χ4n) is 2.08. The maximum absolute atomic E-state index is 12.0. The molecule has 16 heavy (non-hydrogen) atoms. The largest absolute Gasteiger partial charge is 0.378 e. The first-order valence-electron chi connectivity index (χ1n) is 6.21. The van der Waals surface area contributed by atoms with Crippen molar-refractivity contribution < 1.29 is 9.53 Å². The van der Waals surface area contributed by atoms with Gasteiger partial charge in [0.2, 0.25) is 5.91 Å². The van der Waals surface area contributed by atoms with E-state index in [4.69, 9.17) is 10.5 Å². The molecule has 2 unspecified atom stereocenters. The highest BCUT2D eigenvalue weighted by Crippen LogP contribution is 2.20. The summed E-state index contributed by atoms with van der Waals surface area (Å²) >= 11 is 0. The van der Waals surface area contributed by atoms with Crippen LogP contribution in [0.15, 0.2) is 0 Å². The van der Waals surface area contributed by atoms with Crippen molar-refractivity contribution in [3.63, 3.8) is 0 Å². The molecule has 1 aliphatic rings. The first-order valence-corrected chi connectivity index (χ1v) is 6.21. The first kappa shape index (κ1) is 13.5. The minimum absolute atomic E-state index is 0.0782. The zero-order valence-corrected chi connectivity index (χ0v) is 10.4. The topological polar surface area (TPSA) is 55.6 Å². The SMILES string of the molecule is CC1CC(C(=O)N(C)CCCCCN)CO1. The number of rotatable bonds is 6. The van der Waals surface area contributed by atoms with Crippen molar-refractivity contribution in [3.8, 4) is 0 Å². The van der Waals surface area contributed by atoms with Gasteiger partial charge in [-0.2, -0.15) is 0 Å². The van der Waals surface area contributed by atoms with E-state index in [0.717, 1.165) is 38.8 Å². The molecule has 0 aliphatic carbocycles. The van der Waals surface area contributed by atoms with Gasteiger partial charge in [-0.1, -0.05) is 6.42 Å². The standard InChI is InChI=1S/C12H24N2O2/c1-10-8-11(9-16-10)12(15)14(2)7-5-3-4-6-13/h10-11H,3-9,13H2,1-2H3. The third kappa shape index (κ3) is 4.10. The summed E-state index contributed by atoms with van der Waals surface area (Å²) < 4.78 is 5.42. The van der Waals surface area contributed by atoms with E-state index in [0.29, 0.717) is 6.61 Å². The lowest BCUT2D eigenvalue weighted by atomic mass is 10.0. The zero-order chi connectivity index (χ0) is 12.0. The summed E-state index contributed by atoms with van der Waals surface area (Å²) in [6.07, 6.45) is 4.30. The van der Waals surface area contributed by atoms with Gasteiger partial charge in [0.1, 0.15) is 0 Å². The lowest BCUT2D eigenvalue weighted by Crippen LogP contribution is -2.34. The van der Waals surface area contributed by atoms with Crippen molar-refractivity contribution in [3.05, 3.63) is 0 Å². The molecular weight excluding hydrogens is 204 g/mol. The second kappa shape index (κ2) is 6.86. The maximum Gasteiger partial charge on any atom is 0.227 e. The number of hydrogen-bond acceptors (Lipinski definition) is 3. The Hall–Kier alpha value is -0.610. The molecule has 4 nitrogen and oxygen atoms in total. The van der Waals surface area contributed by atoms with E-state index in [9.17, 15) is 4.79 Å². The molecule has 4 heteroatoms. The highest BCUT2D eigenvalue weighted by Gasteiger charge is 2.29. The van der Waals surface area contributed by atoms with Gasteiger partial charge in [-0.05, 0) is 32.7 Å². The van der Waals surface area contributed by atoms with Gasteiger partial charge in [0, 0.05) is 13.6 Å². The molecule has 2 N–H and O–H groups in total. The maximum atomic E-state index is 12.0. The second-order valence-electron chi connectivity index (χ2n) is 4.69. The Morgan fingerprint density at radius 1 is 1.44 bits per heavy atom.